The summed E-state index contributed by atoms with van der Waals surface area (Å²) >= 11 is 0. The van der Waals surface area contributed by atoms with Crippen molar-refractivity contribution in [2.24, 2.45) is 0 Å². The Bertz CT molecular complexity index is 893. The standard InChI is InChI=1S/C22H25N3O4/c26-20(14-23-18-10-5-11-19-21(18)29-13-12-28-19)25-17-9-4-3-8-16(17)22(27)24-15-6-1-2-7-15/h3-5,8-11,15,23H,1-2,6-7,12-14H2,(H,24,27)(H,25,26). The van der Waals surface area contributed by atoms with Crippen molar-refractivity contribution in [2.45, 2.75) is 31.7 Å². The van der Waals surface area contributed by atoms with E-state index in [1.165, 1.54) is 0 Å². The fourth-order valence-electron chi connectivity index (χ4n) is 3.71. The Labute approximate surface area is 169 Å². The number of hydrogen-bond acceptors (Lipinski definition) is 5. The van der Waals surface area contributed by atoms with Gasteiger partial charge in [0.15, 0.2) is 11.5 Å². The van der Waals surface area contributed by atoms with Crippen LogP contribution in [0.5, 0.6) is 11.5 Å². The number of carbonyl (C=O) groups is 2. The van der Waals surface area contributed by atoms with Crippen LogP contribution in [0.25, 0.3) is 0 Å². The zero-order valence-electron chi connectivity index (χ0n) is 16.2. The summed E-state index contributed by atoms with van der Waals surface area (Å²) in [5.74, 6) is 0.877. The summed E-state index contributed by atoms with van der Waals surface area (Å²) in [5.41, 5.74) is 1.68. The van der Waals surface area contributed by atoms with Gasteiger partial charge in [0.05, 0.1) is 23.5 Å². The van der Waals surface area contributed by atoms with Crippen LogP contribution in [0.1, 0.15) is 36.0 Å². The molecule has 1 aliphatic heterocycles. The van der Waals surface area contributed by atoms with Crippen LogP contribution < -0.4 is 25.4 Å². The zero-order valence-corrected chi connectivity index (χ0v) is 16.2. The van der Waals surface area contributed by atoms with Gasteiger partial charge in [0, 0.05) is 6.04 Å². The highest BCUT2D eigenvalue weighted by Gasteiger charge is 2.20. The number of anilines is 2. The molecular weight excluding hydrogens is 370 g/mol. The van der Waals surface area contributed by atoms with Crippen LogP contribution in [0, 0.1) is 0 Å². The zero-order chi connectivity index (χ0) is 20.1. The van der Waals surface area contributed by atoms with Gasteiger partial charge < -0.3 is 25.4 Å². The summed E-state index contributed by atoms with van der Waals surface area (Å²) in [6, 6.07) is 12.8. The highest BCUT2D eigenvalue weighted by atomic mass is 16.6. The average molecular weight is 395 g/mol. The van der Waals surface area contributed by atoms with Crippen molar-refractivity contribution in [3.8, 4) is 11.5 Å². The van der Waals surface area contributed by atoms with Gasteiger partial charge in [0.25, 0.3) is 5.91 Å². The summed E-state index contributed by atoms with van der Waals surface area (Å²) in [5, 5.41) is 8.98. The van der Waals surface area contributed by atoms with Gasteiger partial charge in [-0.2, -0.15) is 0 Å². The molecular formula is C22H25N3O4. The SMILES string of the molecule is O=C(CNc1cccc2c1OCCO2)Nc1ccccc1C(=O)NC1CCCC1. The molecule has 152 valence electrons. The Morgan fingerprint density at radius 2 is 1.69 bits per heavy atom. The predicted octanol–water partition coefficient (Wildman–Crippen LogP) is 3.18. The van der Waals surface area contributed by atoms with E-state index < -0.39 is 0 Å². The topological polar surface area (TPSA) is 88.7 Å². The Balaban J connectivity index is 1.38. The molecule has 2 aromatic carbocycles. The minimum Gasteiger partial charge on any atom is -0.486 e. The number of rotatable bonds is 6. The first kappa shape index (κ1) is 19.1. The number of ether oxygens (including phenoxy) is 2. The highest BCUT2D eigenvalue weighted by Crippen LogP contribution is 2.37. The summed E-state index contributed by atoms with van der Waals surface area (Å²) in [4.78, 5) is 25.1. The van der Waals surface area contributed by atoms with Crippen LogP contribution in [-0.4, -0.2) is 37.6 Å². The normalized spacial score (nSPS) is 15.6. The summed E-state index contributed by atoms with van der Waals surface area (Å²) in [6.07, 6.45) is 4.31. The Hall–Kier alpha value is -3.22. The van der Waals surface area contributed by atoms with Crippen molar-refractivity contribution in [3.05, 3.63) is 48.0 Å². The van der Waals surface area contributed by atoms with Gasteiger partial charge in [-0.25, -0.2) is 0 Å². The van der Waals surface area contributed by atoms with Gasteiger partial charge in [0.2, 0.25) is 5.91 Å². The molecule has 7 heteroatoms. The van der Waals surface area contributed by atoms with Gasteiger partial charge in [0.1, 0.15) is 13.2 Å². The average Bonchev–Trinajstić information content (AvgIpc) is 3.25. The lowest BCUT2D eigenvalue weighted by atomic mass is 10.1. The van der Waals surface area contributed by atoms with Gasteiger partial charge in [-0.05, 0) is 37.1 Å². The molecule has 0 aromatic heterocycles. The molecule has 2 amide bonds. The molecule has 0 saturated heterocycles. The van der Waals surface area contributed by atoms with Crippen molar-refractivity contribution in [1.29, 1.82) is 0 Å². The molecule has 0 atom stereocenters. The molecule has 29 heavy (non-hydrogen) atoms. The van der Waals surface area contributed by atoms with E-state index in [0.717, 1.165) is 25.7 Å². The molecule has 1 saturated carbocycles. The maximum Gasteiger partial charge on any atom is 0.253 e. The number of hydrogen-bond donors (Lipinski definition) is 3. The van der Waals surface area contributed by atoms with E-state index in [0.29, 0.717) is 41.7 Å². The van der Waals surface area contributed by atoms with Crippen molar-refractivity contribution in [1.82, 2.24) is 5.32 Å². The first-order valence-electron chi connectivity index (χ1n) is 10.0. The van der Waals surface area contributed by atoms with Crippen molar-refractivity contribution in [2.75, 3.05) is 30.4 Å². The fraction of sp³-hybridized carbons (Fsp3) is 0.364. The molecule has 0 unspecified atom stereocenters. The maximum atomic E-state index is 12.6. The largest absolute Gasteiger partial charge is 0.486 e. The number of amides is 2. The second-order valence-electron chi connectivity index (χ2n) is 7.23. The number of benzene rings is 2. The first-order chi connectivity index (χ1) is 14.2. The monoisotopic (exact) mass is 395 g/mol. The van der Waals surface area contributed by atoms with Gasteiger partial charge >= 0.3 is 0 Å². The highest BCUT2D eigenvalue weighted by molar-refractivity contribution is 6.04. The maximum absolute atomic E-state index is 12.6. The molecule has 0 radical (unpaired) electrons. The molecule has 4 rings (SSSR count). The quantitative estimate of drug-likeness (QED) is 0.699. The minimum atomic E-state index is -0.250. The summed E-state index contributed by atoms with van der Waals surface area (Å²) in [6.45, 7) is 1.02. The van der Waals surface area contributed by atoms with Crippen LogP contribution in [-0.2, 0) is 4.79 Å². The van der Waals surface area contributed by atoms with Crippen LogP contribution in [0.2, 0.25) is 0 Å². The summed E-state index contributed by atoms with van der Waals surface area (Å²) in [7, 11) is 0. The minimum absolute atomic E-state index is 0.0401. The van der Waals surface area contributed by atoms with Crippen LogP contribution in [0.3, 0.4) is 0 Å². The Morgan fingerprint density at radius 3 is 2.55 bits per heavy atom. The van der Waals surface area contributed by atoms with Crippen molar-refractivity contribution in [3.63, 3.8) is 0 Å². The van der Waals surface area contributed by atoms with E-state index in [9.17, 15) is 9.59 Å². The van der Waals surface area contributed by atoms with E-state index in [1.54, 1.807) is 24.3 Å². The smallest absolute Gasteiger partial charge is 0.253 e. The molecule has 2 aliphatic rings. The second-order valence-corrected chi connectivity index (χ2v) is 7.23. The lowest BCUT2D eigenvalue weighted by molar-refractivity contribution is -0.114. The van der Waals surface area contributed by atoms with Crippen LogP contribution in [0.4, 0.5) is 11.4 Å². The van der Waals surface area contributed by atoms with Crippen molar-refractivity contribution >= 4 is 23.2 Å². The van der Waals surface area contributed by atoms with Gasteiger partial charge in [-0.1, -0.05) is 31.0 Å². The van der Waals surface area contributed by atoms with Crippen molar-refractivity contribution < 1.29 is 19.1 Å². The third-order valence-corrected chi connectivity index (χ3v) is 5.14. The lowest BCUT2D eigenvalue weighted by Gasteiger charge is -2.21. The number of fused-ring (bicyclic) bond motifs is 1. The number of nitrogens with one attached hydrogen (secondary N) is 3. The second kappa shape index (κ2) is 8.86. The molecule has 0 bridgehead atoms. The molecule has 1 heterocycles. The fourth-order valence-corrected chi connectivity index (χ4v) is 3.71. The van der Waals surface area contributed by atoms with Crippen LogP contribution >= 0.6 is 0 Å². The molecule has 3 N–H and O–H groups in total. The van der Waals surface area contributed by atoms with Gasteiger partial charge in [-0.15, -0.1) is 0 Å². The summed E-state index contributed by atoms with van der Waals surface area (Å²) < 4.78 is 11.2. The number of para-hydroxylation sites is 2. The predicted molar refractivity (Wildman–Crippen MR) is 111 cm³/mol. The van der Waals surface area contributed by atoms with E-state index in [-0.39, 0.29) is 24.4 Å². The Kier molecular flexibility index (Phi) is 5.84. The Morgan fingerprint density at radius 1 is 0.931 bits per heavy atom. The van der Waals surface area contributed by atoms with E-state index in [1.807, 2.05) is 18.2 Å². The number of carbonyl (C=O) groups excluding carboxylic acids is 2. The third-order valence-electron chi connectivity index (χ3n) is 5.14. The van der Waals surface area contributed by atoms with E-state index in [2.05, 4.69) is 16.0 Å². The molecule has 1 aliphatic carbocycles. The lowest BCUT2D eigenvalue weighted by Crippen LogP contribution is -2.33. The third kappa shape index (κ3) is 4.62. The molecule has 2 aromatic rings. The van der Waals surface area contributed by atoms with E-state index in [4.69, 9.17) is 9.47 Å². The molecule has 1 fully saturated rings. The van der Waals surface area contributed by atoms with Crippen LogP contribution in [0.15, 0.2) is 42.5 Å². The molecule has 7 nitrogen and oxygen atoms in total. The van der Waals surface area contributed by atoms with E-state index >= 15 is 0 Å². The molecule has 0 spiro atoms. The van der Waals surface area contributed by atoms with Gasteiger partial charge in [-0.3, -0.25) is 9.59 Å². The first-order valence-corrected chi connectivity index (χ1v) is 10.0.